The number of ether oxygens (including phenoxy) is 1. The molecule has 1 N–H and O–H groups in total. The lowest BCUT2D eigenvalue weighted by molar-refractivity contribution is -0.146. The third kappa shape index (κ3) is 3.51. The second-order valence-electron chi connectivity index (χ2n) is 5.02. The van der Waals surface area contributed by atoms with Crippen LogP contribution in [0.15, 0.2) is 22.7 Å². The third-order valence-corrected chi connectivity index (χ3v) is 4.22. The summed E-state index contributed by atoms with van der Waals surface area (Å²) in [6.07, 6.45) is 3.51. The molecule has 0 saturated heterocycles. The molecular weight excluding hydrogens is 320 g/mol. The molecule has 0 aliphatic heterocycles. The second kappa shape index (κ2) is 6.76. The number of halogens is 1. The number of benzene rings is 1. The van der Waals surface area contributed by atoms with E-state index in [9.17, 15) is 4.79 Å². The first kappa shape index (κ1) is 14.9. The molecule has 0 spiro atoms. The van der Waals surface area contributed by atoms with Gasteiger partial charge >= 0.3 is 5.97 Å². The van der Waals surface area contributed by atoms with Crippen LogP contribution in [-0.2, 0) is 9.53 Å². The molecule has 0 unspecified atom stereocenters. The molecule has 106 valence electrons. The van der Waals surface area contributed by atoms with Crippen LogP contribution in [-0.4, -0.2) is 19.1 Å². The lowest BCUT2D eigenvalue weighted by Gasteiger charge is -2.28. The molecule has 0 bridgehead atoms. The van der Waals surface area contributed by atoms with Gasteiger partial charge in [0.05, 0.1) is 24.3 Å². The summed E-state index contributed by atoms with van der Waals surface area (Å²) in [4.78, 5) is 11.5. The van der Waals surface area contributed by atoms with Crippen molar-refractivity contribution in [1.29, 1.82) is 5.26 Å². The van der Waals surface area contributed by atoms with Crippen molar-refractivity contribution in [2.75, 3.05) is 12.4 Å². The van der Waals surface area contributed by atoms with Crippen LogP contribution in [0.4, 0.5) is 5.69 Å². The fourth-order valence-corrected chi connectivity index (χ4v) is 2.96. The van der Waals surface area contributed by atoms with Crippen molar-refractivity contribution in [3.63, 3.8) is 0 Å². The van der Waals surface area contributed by atoms with Gasteiger partial charge < -0.3 is 10.1 Å². The van der Waals surface area contributed by atoms with E-state index in [2.05, 4.69) is 27.3 Å². The maximum Gasteiger partial charge on any atom is 0.308 e. The van der Waals surface area contributed by atoms with Gasteiger partial charge in [-0.1, -0.05) is 15.9 Å². The molecule has 20 heavy (non-hydrogen) atoms. The Hall–Kier alpha value is -1.54. The summed E-state index contributed by atoms with van der Waals surface area (Å²) >= 11 is 3.36. The van der Waals surface area contributed by atoms with E-state index in [4.69, 9.17) is 10.00 Å². The second-order valence-corrected chi connectivity index (χ2v) is 5.93. The molecule has 1 aliphatic rings. The van der Waals surface area contributed by atoms with Crippen molar-refractivity contribution in [3.05, 3.63) is 28.2 Å². The Labute approximate surface area is 127 Å². The van der Waals surface area contributed by atoms with Crippen LogP contribution in [0.2, 0.25) is 0 Å². The molecule has 1 fully saturated rings. The van der Waals surface area contributed by atoms with Crippen LogP contribution < -0.4 is 5.32 Å². The van der Waals surface area contributed by atoms with E-state index >= 15 is 0 Å². The van der Waals surface area contributed by atoms with Crippen LogP contribution in [0.25, 0.3) is 0 Å². The Kier molecular flexibility index (Phi) is 5.02. The molecule has 1 aromatic carbocycles. The van der Waals surface area contributed by atoms with Crippen LogP contribution >= 0.6 is 15.9 Å². The topological polar surface area (TPSA) is 62.1 Å². The molecular formula is C15H17BrN2O2. The first-order valence-corrected chi connectivity index (χ1v) is 7.47. The molecule has 0 heterocycles. The number of nitrogens with zero attached hydrogens (tertiary/aromatic N) is 1. The molecule has 2 rings (SSSR count). The zero-order valence-electron chi connectivity index (χ0n) is 11.4. The monoisotopic (exact) mass is 336 g/mol. The van der Waals surface area contributed by atoms with E-state index in [-0.39, 0.29) is 11.9 Å². The van der Waals surface area contributed by atoms with Gasteiger partial charge in [-0.15, -0.1) is 0 Å². The summed E-state index contributed by atoms with van der Waals surface area (Å²) in [6.45, 7) is 0. The number of anilines is 1. The zero-order valence-corrected chi connectivity index (χ0v) is 12.9. The van der Waals surface area contributed by atoms with Gasteiger partial charge in [-0.3, -0.25) is 4.79 Å². The van der Waals surface area contributed by atoms with Crippen molar-refractivity contribution in [2.24, 2.45) is 5.92 Å². The van der Waals surface area contributed by atoms with E-state index in [0.29, 0.717) is 11.6 Å². The van der Waals surface area contributed by atoms with Gasteiger partial charge in [-0.25, -0.2) is 0 Å². The summed E-state index contributed by atoms with van der Waals surface area (Å²) in [5.41, 5.74) is 1.49. The van der Waals surface area contributed by atoms with Crippen molar-refractivity contribution < 1.29 is 9.53 Å². The molecule has 5 heteroatoms. The fourth-order valence-electron chi connectivity index (χ4n) is 2.59. The molecule has 0 radical (unpaired) electrons. The van der Waals surface area contributed by atoms with Crippen LogP contribution in [0.3, 0.4) is 0 Å². The minimum Gasteiger partial charge on any atom is -0.469 e. The molecule has 0 aromatic heterocycles. The summed E-state index contributed by atoms with van der Waals surface area (Å²) < 4.78 is 5.68. The molecule has 1 aliphatic carbocycles. The number of methoxy groups -OCH3 is 1. The van der Waals surface area contributed by atoms with E-state index in [1.807, 2.05) is 18.2 Å². The number of nitrogens with one attached hydrogen (secondary N) is 1. The van der Waals surface area contributed by atoms with E-state index in [1.54, 1.807) is 0 Å². The smallest absolute Gasteiger partial charge is 0.308 e. The SMILES string of the molecule is COC(=O)C1CCC(Nc2ccc(Br)cc2C#N)CC1. The third-order valence-electron chi connectivity index (χ3n) is 3.72. The van der Waals surface area contributed by atoms with Crippen molar-refractivity contribution in [2.45, 2.75) is 31.7 Å². The Balaban J connectivity index is 1.96. The fraction of sp³-hybridized carbons (Fsp3) is 0.467. The minimum atomic E-state index is -0.107. The van der Waals surface area contributed by atoms with Gasteiger partial charge in [0.2, 0.25) is 0 Å². The highest BCUT2D eigenvalue weighted by atomic mass is 79.9. The minimum absolute atomic E-state index is 0.0263. The average molecular weight is 337 g/mol. The number of nitriles is 1. The number of carbonyl (C=O) groups is 1. The normalized spacial score (nSPS) is 21.9. The number of rotatable bonds is 3. The summed E-state index contributed by atoms with van der Waals surface area (Å²) in [5.74, 6) is -0.0804. The van der Waals surface area contributed by atoms with E-state index in [0.717, 1.165) is 35.8 Å². The average Bonchev–Trinajstić information content (AvgIpc) is 2.49. The lowest BCUT2D eigenvalue weighted by atomic mass is 9.86. The largest absolute Gasteiger partial charge is 0.469 e. The predicted octanol–water partition coefficient (Wildman–Crippen LogP) is 3.46. The Morgan fingerprint density at radius 1 is 1.40 bits per heavy atom. The number of carbonyl (C=O) groups excluding carboxylic acids is 1. The number of hydrogen-bond acceptors (Lipinski definition) is 4. The first-order chi connectivity index (χ1) is 9.63. The Bertz CT molecular complexity index is 531. The summed E-state index contributed by atoms with van der Waals surface area (Å²) in [5, 5.41) is 12.6. The Morgan fingerprint density at radius 3 is 2.70 bits per heavy atom. The van der Waals surface area contributed by atoms with E-state index in [1.165, 1.54) is 7.11 Å². The molecule has 4 nitrogen and oxygen atoms in total. The van der Waals surface area contributed by atoms with Crippen LogP contribution in [0, 0.1) is 17.2 Å². The van der Waals surface area contributed by atoms with E-state index < -0.39 is 0 Å². The van der Waals surface area contributed by atoms with Crippen molar-refractivity contribution in [1.82, 2.24) is 0 Å². The maximum absolute atomic E-state index is 11.5. The molecule has 0 amide bonds. The predicted molar refractivity (Wildman–Crippen MR) is 80.2 cm³/mol. The highest BCUT2D eigenvalue weighted by Crippen LogP contribution is 2.29. The Morgan fingerprint density at radius 2 is 2.10 bits per heavy atom. The van der Waals surface area contributed by atoms with Crippen LogP contribution in [0.5, 0.6) is 0 Å². The molecule has 0 atom stereocenters. The van der Waals surface area contributed by atoms with Gasteiger partial charge in [0.15, 0.2) is 0 Å². The maximum atomic E-state index is 11.5. The first-order valence-electron chi connectivity index (χ1n) is 6.68. The van der Waals surface area contributed by atoms with Gasteiger partial charge in [0.25, 0.3) is 0 Å². The lowest BCUT2D eigenvalue weighted by Crippen LogP contribution is -2.30. The summed E-state index contributed by atoms with van der Waals surface area (Å²) in [7, 11) is 1.44. The summed E-state index contributed by atoms with van der Waals surface area (Å²) in [6, 6.07) is 8.14. The van der Waals surface area contributed by atoms with Gasteiger partial charge in [0.1, 0.15) is 6.07 Å². The molecule has 1 aromatic rings. The quantitative estimate of drug-likeness (QED) is 0.858. The van der Waals surface area contributed by atoms with Crippen molar-refractivity contribution in [3.8, 4) is 6.07 Å². The highest BCUT2D eigenvalue weighted by molar-refractivity contribution is 9.10. The highest BCUT2D eigenvalue weighted by Gasteiger charge is 2.27. The van der Waals surface area contributed by atoms with Gasteiger partial charge in [-0.2, -0.15) is 5.26 Å². The number of hydrogen-bond donors (Lipinski definition) is 1. The zero-order chi connectivity index (χ0) is 14.5. The standard InChI is InChI=1S/C15H17BrN2O2/c1-20-15(19)10-2-5-13(6-3-10)18-14-7-4-12(16)8-11(14)9-17/h4,7-8,10,13,18H,2-3,5-6H2,1H3. The van der Waals surface area contributed by atoms with Crippen molar-refractivity contribution >= 4 is 27.6 Å². The molecule has 1 saturated carbocycles. The van der Waals surface area contributed by atoms with Crippen LogP contribution in [0.1, 0.15) is 31.2 Å². The van der Waals surface area contributed by atoms with Gasteiger partial charge in [0, 0.05) is 10.5 Å². The van der Waals surface area contributed by atoms with Gasteiger partial charge in [-0.05, 0) is 43.9 Å². The number of esters is 1.